The maximum atomic E-state index is 13.1. The number of methoxy groups -OCH3 is 1. The van der Waals surface area contributed by atoms with Crippen LogP contribution in [0.4, 0.5) is 16.2 Å². The number of nitrogens with one attached hydrogen (secondary N) is 2. The highest BCUT2D eigenvalue weighted by Gasteiger charge is 2.36. The zero-order valence-corrected chi connectivity index (χ0v) is 21.6. The van der Waals surface area contributed by atoms with E-state index in [1.165, 1.54) is 25.3 Å². The van der Waals surface area contributed by atoms with Gasteiger partial charge >= 0.3 is 6.03 Å². The van der Waals surface area contributed by atoms with Gasteiger partial charge in [0, 0.05) is 5.69 Å². The van der Waals surface area contributed by atoms with Crippen molar-refractivity contribution in [3.05, 3.63) is 87.9 Å². The van der Waals surface area contributed by atoms with Gasteiger partial charge in [-0.3, -0.25) is 19.7 Å². The van der Waals surface area contributed by atoms with Crippen LogP contribution in [-0.2, 0) is 14.4 Å². The van der Waals surface area contributed by atoms with Gasteiger partial charge in [-0.2, -0.15) is 0 Å². The second-order valence-corrected chi connectivity index (χ2v) is 8.87. The van der Waals surface area contributed by atoms with Crippen LogP contribution in [0.1, 0.15) is 16.7 Å². The first-order chi connectivity index (χ1) is 18.2. The molecule has 3 aromatic carbocycles. The molecule has 194 valence electrons. The topological polar surface area (TPSA) is 114 Å². The van der Waals surface area contributed by atoms with Crippen molar-refractivity contribution in [1.82, 2.24) is 5.32 Å². The number of anilines is 2. The number of amides is 5. The molecule has 1 aliphatic heterocycles. The Bertz CT molecular complexity index is 1470. The summed E-state index contributed by atoms with van der Waals surface area (Å²) in [6, 6.07) is 15.9. The number of rotatable bonds is 7. The largest absolute Gasteiger partial charge is 0.493 e. The average molecular weight is 534 g/mol. The molecule has 0 spiro atoms. The van der Waals surface area contributed by atoms with Crippen LogP contribution in [-0.4, -0.2) is 37.5 Å². The van der Waals surface area contributed by atoms with E-state index in [9.17, 15) is 19.2 Å². The number of ether oxygens (including phenoxy) is 2. The Morgan fingerprint density at radius 2 is 1.76 bits per heavy atom. The SMILES string of the molecule is COc1cc(/C=C2/C(=O)NC(=O)N(c3ccccc3)C2=O)cc(Cl)c1OCC(=O)Nc1ccc(C)c(C)c1. The lowest BCUT2D eigenvalue weighted by Crippen LogP contribution is -2.54. The maximum absolute atomic E-state index is 13.1. The lowest BCUT2D eigenvalue weighted by Gasteiger charge is -2.26. The number of carbonyl (C=O) groups excluding carboxylic acids is 4. The fourth-order valence-electron chi connectivity index (χ4n) is 3.75. The van der Waals surface area contributed by atoms with Crippen molar-refractivity contribution in [3.8, 4) is 11.5 Å². The molecule has 1 heterocycles. The number of para-hydroxylation sites is 1. The fourth-order valence-corrected chi connectivity index (χ4v) is 4.03. The van der Waals surface area contributed by atoms with Gasteiger partial charge in [0.15, 0.2) is 18.1 Å². The van der Waals surface area contributed by atoms with Gasteiger partial charge in [0.1, 0.15) is 5.57 Å². The second kappa shape index (κ2) is 11.2. The van der Waals surface area contributed by atoms with E-state index in [4.69, 9.17) is 21.1 Å². The molecule has 0 unspecified atom stereocenters. The van der Waals surface area contributed by atoms with Crippen molar-refractivity contribution < 1.29 is 28.7 Å². The average Bonchev–Trinajstić information content (AvgIpc) is 2.88. The number of nitrogens with zero attached hydrogens (tertiary/aromatic N) is 1. The summed E-state index contributed by atoms with van der Waals surface area (Å²) < 4.78 is 11.0. The van der Waals surface area contributed by atoms with Crippen LogP contribution in [0, 0.1) is 13.8 Å². The Hall–Kier alpha value is -4.63. The smallest absolute Gasteiger partial charge is 0.335 e. The summed E-state index contributed by atoms with van der Waals surface area (Å²) in [6.45, 7) is 3.59. The van der Waals surface area contributed by atoms with Crippen molar-refractivity contribution in [2.24, 2.45) is 0 Å². The van der Waals surface area contributed by atoms with Crippen LogP contribution in [0.3, 0.4) is 0 Å². The summed E-state index contributed by atoms with van der Waals surface area (Å²) >= 11 is 6.42. The minimum absolute atomic E-state index is 0.0924. The van der Waals surface area contributed by atoms with Crippen LogP contribution in [0.25, 0.3) is 6.08 Å². The van der Waals surface area contributed by atoms with E-state index in [0.717, 1.165) is 16.0 Å². The number of aryl methyl sites for hydroxylation is 2. The molecule has 10 heteroatoms. The monoisotopic (exact) mass is 533 g/mol. The third-order valence-corrected chi connectivity index (χ3v) is 6.10. The Morgan fingerprint density at radius 3 is 2.45 bits per heavy atom. The van der Waals surface area contributed by atoms with Gasteiger partial charge in [-0.05, 0) is 73.0 Å². The summed E-state index contributed by atoms with van der Waals surface area (Å²) in [5.74, 6) is -1.73. The number of imide groups is 2. The van der Waals surface area contributed by atoms with Crippen LogP contribution in [0.15, 0.2) is 66.2 Å². The van der Waals surface area contributed by atoms with Crippen molar-refractivity contribution in [2.45, 2.75) is 13.8 Å². The van der Waals surface area contributed by atoms with E-state index >= 15 is 0 Å². The van der Waals surface area contributed by atoms with E-state index in [1.54, 1.807) is 36.4 Å². The first kappa shape index (κ1) is 26.4. The van der Waals surface area contributed by atoms with Crippen LogP contribution in [0.2, 0.25) is 5.02 Å². The quantitative estimate of drug-likeness (QED) is 0.337. The molecular weight excluding hydrogens is 510 g/mol. The molecule has 0 atom stereocenters. The van der Waals surface area contributed by atoms with Crippen molar-refractivity contribution >= 4 is 52.8 Å². The highest BCUT2D eigenvalue weighted by molar-refractivity contribution is 6.39. The first-order valence-electron chi connectivity index (χ1n) is 11.5. The molecule has 4 rings (SSSR count). The molecule has 5 amide bonds. The zero-order chi connectivity index (χ0) is 27.4. The zero-order valence-electron chi connectivity index (χ0n) is 20.8. The highest BCUT2D eigenvalue weighted by atomic mass is 35.5. The minimum atomic E-state index is -0.846. The van der Waals surface area contributed by atoms with Gasteiger partial charge in [-0.15, -0.1) is 0 Å². The summed E-state index contributed by atoms with van der Waals surface area (Å²) in [7, 11) is 1.39. The van der Waals surface area contributed by atoms with Crippen LogP contribution >= 0.6 is 11.6 Å². The molecule has 2 N–H and O–H groups in total. The lowest BCUT2D eigenvalue weighted by atomic mass is 10.1. The van der Waals surface area contributed by atoms with Crippen LogP contribution < -0.4 is 25.0 Å². The molecule has 1 fully saturated rings. The standard InChI is InChI=1S/C28H24ClN3O6/c1-16-9-10-19(11-17(16)2)30-24(33)15-38-25-22(29)13-18(14-23(25)37-3)12-21-26(34)31-28(36)32(27(21)35)20-7-5-4-6-8-20/h4-14H,15H2,1-3H3,(H,30,33)(H,31,34,36)/b21-12-. The van der Waals surface area contributed by atoms with E-state index in [2.05, 4.69) is 10.6 Å². The van der Waals surface area contributed by atoms with E-state index < -0.39 is 23.8 Å². The number of hydrogen-bond donors (Lipinski definition) is 2. The number of benzene rings is 3. The number of carbonyl (C=O) groups is 4. The van der Waals surface area contributed by atoms with Gasteiger partial charge in [0.05, 0.1) is 17.8 Å². The predicted octanol–water partition coefficient (Wildman–Crippen LogP) is 4.65. The van der Waals surface area contributed by atoms with Gasteiger partial charge < -0.3 is 14.8 Å². The van der Waals surface area contributed by atoms with E-state index in [-0.39, 0.29) is 28.7 Å². The minimum Gasteiger partial charge on any atom is -0.493 e. The second-order valence-electron chi connectivity index (χ2n) is 8.46. The van der Waals surface area contributed by atoms with Gasteiger partial charge in [-0.1, -0.05) is 35.9 Å². The fraction of sp³-hybridized carbons (Fsp3) is 0.143. The molecule has 0 bridgehead atoms. The molecule has 0 radical (unpaired) electrons. The molecular formula is C28H24ClN3O6. The molecule has 0 saturated carbocycles. The third-order valence-electron chi connectivity index (χ3n) is 5.82. The van der Waals surface area contributed by atoms with Crippen molar-refractivity contribution in [3.63, 3.8) is 0 Å². The van der Waals surface area contributed by atoms with E-state index in [0.29, 0.717) is 16.9 Å². The van der Waals surface area contributed by atoms with E-state index in [1.807, 2.05) is 26.0 Å². The number of halogens is 1. The number of hydrogen-bond acceptors (Lipinski definition) is 6. The molecule has 38 heavy (non-hydrogen) atoms. The first-order valence-corrected chi connectivity index (χ1v) is 11.9. The highest BCUT2D eigenvalue weighted by Crippen LogP contribution is 2.37. The molecule has 0 aliphatic carbocycles. The van der Waals surface area contributed by atoms with Gasteiger partial charge in [0.25, 0.3) is 17.7 Å². The van der Waals surface area contributed by atoms with Crippen molar-refractivity contribution in [2.75, 3.05) is 23.9 Å². The number of barbiturate groups is 1. The maximum Gasteiger partial charge on any atom is 0.335 e. The lowest BCUT2D eigenvalue weighted by molar-refractivity contribution is -0.122. The Labute approximate surface area is 224 Å². The molecule has 0 aromatic heterocycles. The Kier molecular flexibility index (Phi) is 7.78. The third kappa shape index (κ3) is 5.68. The molecule has 3 aromatic rings. The molecule has 1 saturated heterocycles. The van der Waals surface area contributed by atoms with Crippen LogP contribution in [0.5, 0.6) is 11.5 Å². The molecule has 1 aliphatic rings. The summed E-state index contributed by atoms with van der Waals surface area (Å²) in [4.78, 5) is 51.2. The van der Waals surface area contributed by atoms with Gasteiger partial charge in [0.2, 0.25) is 0 Å². The Balaban J connectivity index is 1.54. The van der Waals surface area contributed by atoms with Crippen molar-refractivity contribution in [1.29, 1.82) is 0 Å². The summed E-state index contributed by atoms with van der Waals surface area (Å²) in [6.07, 6.45) is 1.30. The number of urea groups is 1. The summed E-state index contributed by atoms with van der Waals surface area (Å²) in [5.41, 5.74) is 3.18. The predicted molar refractivity (Wildman–Crippen MR) is 143 cm³/mol. The molecule has 9 nitrogen and oxygen atoms in total. The summed E-state index contributed by atoms with van der Waals surface area (Å²) in [5, 5.41) is 5.02. The Morgan fingerprint density at radius 1 is 1.03 bits per heavy atom. The normalized spacial score (nSPS) is 14.4. The van der Waals surface area contributed by atoms with Gasteiger partial charge in [-0.25, -0.2) is 9.69 Å².